The summed E-state index contributed by atoms with van der Waals surface area (Å²) in [6, 6.07) is -0.673. The molecular formula is C29H55N2O5P. The lowest BCUT2D eigenvalue weighted by molar-refractivity contribution is -0.122. The van der Waals surface area contributed by atoms with Gasteiger partial charge in [-0.05, 0) is 20.5 Å². The van der Waals surface area contributed by atoms with Crippen LogP contribution in [0.5, 0.6) is 0 Å². The summed E-state index contributed by atoms with van der Waals surface area (Å²) in [5.41, 5.74) is -1.06. The Kier molecular flexibility index (Phi) is 23.2. The second-order valence-electron chi connectivity index (χ2n) is 10.7. The normalized spacial score (nSPS) is 12.9. The van der Waals surface area contributed by atoms with Crippen molar-refractivity contribution in [2.45, 2.75) is 142 Å². The molecule has 0 aromatic rings. The summed E-state index contributed by atoms with van der Waals surface area (Å²) in [5.74, 6) is -0.332. The molecular weight excluding hydrogens is 487 g/mol. The van der Waals surface area contributed by atoms with Gasteiger partial charge in [-0.2, -0.15) is 0 Å². The predicted octanol–water partition coefficient (Wildman–Crippen LogP) is 6.50. The molecule has 0 aromatic carbocycles. The Balaban J connectivity index is 3.99. The van der Waals surface area contributed by atoms with Crippen LogP contribution >= 0.6 is 8.15 Å². The SMILES string of the molecule is CCCCCCCCCCCCCCCCCC(=O)CC(CC(=O)P(O)C(=O)CCN(C)C)NC(C)=O. The van der Waals surface area contributed by atoms with Crippen molar-refractivity contribution in [2.75, 3.05) is 20.6 Å². The van der Waals surface area contributed by atoms with Crippen molar-refractivity contribution in [1.82, 2.24) is 10.2 Å². The van der Waals surface area contributed by atoms with E-state index in [1.165, 1.54) is 84.0 Å². The number of carbonyl (C=O) groups is 4. The van der Waals surface area contributed by atoms with Crippen LogP contribution < -0.4 is 5.32 Å². The predicted molar refractivity (Wildman–Crippen MR) is 154 cm³/mol. The monoisotopic (exact) mass is 542 g/mol. The summed E-state index contributed by atoms with van der Waals surface area (Å²) in [6.07, 6.45) is 19.4. The molecule has 0 aliphatic carbocycles. The van der Waals surface area contributed by atoms with E-state index < -0.39 is 25.2 Å². The second kappa shape index (κ2) is 23.9. The van der Waals surface area contributed by atoms with Crippen LogP contribution in [0.3, 0.4) is 0 Å². The van der Waals surface area contributed by atoms with Gasteiger partial charge in [0.1, 0.15) is 5.78 Å². The van der Waals surface area contributed by atoms with Gasteiger partial charge in [-0.1, -0.05) is 96.8 Å². The number of nitrogens with one attached hydrogen (secondary N) is 1. The van der Waals surface area contributed by atoms with E-state index in [1.54, 1.807) is 0 Å². The standard InChI is InChI=1S/C29H55N2O5P/c1-5-6-7-8-9-10-11-12-13-14-15-16-17-18-19-20-27(33)23-26(30-25(2)32)24-29(35)37(36)28(34)21-22-31(3)4/h26,36H,5-24H2,1-4H3,(H,30,32). The number of nitrogens with zero attached hydrogens (tertiary/aromatic N) is 1. The zero-order chi connectivity index (χ0) is 27.9. The average molecular weight is 543 g/mol. The smallest absolute Gasteiger partial charge is 0.217 e. The highest BCUT2D eigenvalue weighted by atomic mass is 31.1. The molecule has 8 heteroatoms. The molecule has 0 rings (SSSR count). The summed E-state index contributed by atoms with van der Waals surface area (Å²) in [5, 5.41) is 2.64. The zero-order valence-corrected chi connectivity index (χ0v) is 25.1. The molecule has 0 saturated carbocycles. The first kappa shape index (κ1) is 35.8. The quantitative estimate of drug-likeness (QED) is 0.0956. The molecule has 0 spiro atoms. The molecule has 2 atom stereocenters. The number of rotatable bonds is 26. The van der Waals surface area contributed by atoms with Crippen LogP contribution in [-0.4, -0.2) is 59.2 Å². The van der Waals surface area contributed by atoms with Gasteiger partial charge in [0.2, 0.25) is 5.91 Å². The van der Waals surface area contributed by atoms with Crippen molar-refractivity contribution in [3.8, 4) is 0 Å². The number of hydrogen-bond acceptors (Lipinski definition) is 6. The van der Waals surface area contributed by atoms with Crippen LogP contribution in [0.4, 0.5) is 0 Å². The van der Waals surface area contributed by atoms with E-state index in [0.717, 1.165) is 19.3 Å². The number of ketones is 1. The van der Waals surface area contributed by atoms with E-state index in [2.05, 4.69) is 12.2 Å². The van der Waals surface area contributed by atoms with E-state index in [-0.39, 0.29) is 31.0 Å². The van der Waals surface area contributed by atoms with Crippen molar-refractivity contribution in [3.63, 3.8) is 0 Å². The lowest BCUT2D eigenvalue weighted by Crippen LogP contribution is -2.36. The second-order valence-corrected chi connectivity index (χ2v) is 12.3. The van der Waals surface area contributed by atoms with E-state index in [9.17, 15) is 24.1 Å². The molecule has 0 heterocycles. The Morgan fingerprint density at radius 1 is 0.703 bits per heavy atom. The lowest BCUT2D eigenvalue weighted by atomic mass is 10.0. The topological polar surface area (TPSA) is 104 Å². The first-order valence-electron chi connectivity index (χ1n) is 14.7. The minimum Gasteiger partial charge on any atom is -0.360 e. The molecule has 0 saturated heterocycles. The molecule has 2 unspecified atom stereocenters. The van der Waals surface area contributed by atoms with Gasteiger partial charge in [0.15, 0.2) is 19.2 Å². The van der Waals surface area contributed by atoms with Crippen LogP contribution in [0.15, 0.2) is 0 Å². The minimum atomic E-state index is -2.41. The van der Waals surface area contributed by atoms with Crippen LogP contribution in [0.25, 0.3) is 0 Å². The van der Waals surface area contributed by atoms with Gasteiger partial charge < -0.3 is 15.1 Å². The molecule has 2 N–H and O–H groups in total. The maximum Gasteiger partial charge on any atom is 0.217 e. The third kappa shape index (κ3) is 22.5. The molecule has 0 aliphatic heterocycles. The maximum absolute atomic E-state index is 12.4. The highest BCUT2D eigenvalue weighted by Gasteiger charge is 2.28. The van der Waals surface area contributed by atoms with Crippen LogP contribution in [-0.2, 0) is 19.2 Å². The van der Waals surface area contributed by atoms with Crippen molar-refractivity contribution in [3.05, 3.63) is 0 Å². The van der Waals surface area contributed by atoms with Gasteiger partial charge >= 0.3 is 0 Å². The minimum absolute atomic E-state index is 0.00226. The summed E-state index contributed by atoms with van der Waals surface area (Å²) in [4.78, 5) is 60.4. The molecule has 216 valence electrons. The van der Waals surface area contributed by atoms with Gasteiger partial charge in [-0.25, -0.2) is 0 Å². The zero-order valence-electron chi connectivity index (χ0n) is 24.2. The van der Waals surface area contributed by atoms with Crippen molar-refractivity contribution < 1.29 is 24.1 Å². The van der Waals surface area contributed by atoms with Gasteiger partial charge in [0.05, 0.1) is 0 Å². The molecule has 1 amide bonds. The lowest BCUT2D eigenvalue weighted by Gasteiger charge is -2.18. The van der Waals surface area contributed by atoms with E-state index in [1.807, 2.05) is 19.0 Å². The fourth-order valence-corrected chi connectivity index (χ4v) is 5.38. The largest absolute Gasteiger partial charge is 0.360 e. The van der Waals surface area contributed by atoms with Gasteiger partial charge in [-0.15, -0.1) is 0 Å². The molecule has 0 bridgehead atoms. The van der Waals surface area contributed by atoms with Crippen LogP contribution in [0.1, 0.15) is 136 Å². The fraction of sp³-hybridized carbons (Fsp3) is 0.862. The van der Waals surface area contributed by atoms with Gasteiger partial charge in [0, 0.05) is 45.2 Å². The highest BCUT2D eigenvalue weighted by Crippen LogP contribution is 2.35. The van der Waals surface area contributed by atoms with Crippen LogP contribution in [0.2, 0.25) is 0 Å². The number of Topliss-reactive ketones (excluding diaryl/α,β-unsaturated/α-hetero) is 1. The number of hydrogen-bond donors (Lipinski definition) is 2. The third-order valence-corrected chi connectivity index (χ3v) is 7.96. The summed E-state index contributed by atoms with van der Waals surface area (Å²) < 4.78 is 0. The summed E-state index contributed by atoms with van der Waals surface area (Å²) in [7, 11) is 1.21. The average Bonchev–Trinajstić information content (AvgIpc) is 2.83. The Labute approximate surface area is 227 Å². The summed E-state index contributed by atoms with van der Waals surface area (Å²) >= 11 is 0. The molecule has 7 nitrogen and oxygen atoms in total. The summed E-state index contributed by atoms with van der Waals surface area (Å²) in [6.45, 7) is 4.05. The Morgan fingerprint density at radius 2 is 1.16 bits per heavy atom. The number of amides is 1. The highest BCUT2D eigenvalue weighted by molar-refractivity contribution is 7.84. The molecule has 0 fully saturated rings. The Bertz CT molecular complexity index is 642. The maximum atomic E-state index is 12.4. The molecule has 37 heavy (non-hydrogen) atoms. The van der Waals surface area contributed by atoms with Gasteiger partial charge in [-0.3, -0.25) is 19.2 Å². The first-order chi connectivity index (χ1) is 17.7. The van der Waals surface area contributed by atoms with E-state index in [0.29, 0.717) is 13.0 Å². The van der Waals surface area contributed by atoms with Crippen molar-refractivity contribution in [2.24, 2.45) is 0 Å². The van der Waals surface area contributed by atoms with Crippen molar-refractivity contribution in [1.29, 1.82) is 0 Å². The number of unbranched alkanes of at least 4 members (excludes halogenated alkanes) is 14. The van der Waals surface area contributed by atoms with Crippen LogP contribution in [0, 0.1) is 0 Å². The molecule has 0 aliphatic rings. The first-order valence-corrected chi connectivity index (χ1v) is 15.9. The number of carbonyl (C=O) groups excluding carboxylic acids is 4. The molecule has 0 radical (unpaired) electrons. The van der Waals surface area contributed by atoms with E-state index in [4.69, 9.17) is 0 Å². The fourth-order valence-electron chi connectivity index (χ4n) is 4.39. The van der Waals surface area contributed by atoms with Gasteiger partial charge in [0.25, 0.3) is 0 Å². The van der Waals surface area contributed by atoms with Crippen molar-refractivity contribution >= 4 is 30.9 Å². The Morgan fingerprint density at radius 3 is 1.59 bits per heavy atom. The van der Waals surface area contributed by atoms with E-state index >= 15 is 0 Å². The molecule has 0 aromatic heterocycles. The third-order valence-electron chi connectivity index (χ3n) is 6.61. The Hall–Kier alpha value is -1.17.